The lowest BCUT2D eigenvalue weighted by molar-refractivity contribution is -0.134. The Labute approximate surface area is 281 Å². The quantitative estimate of drug-likeness (QED) is 0.266. The lowest BCUT2D eigenvalue weighted by Crippen LogP contribution is -2.53. The summed E-state index contributed by atoms with van der Waals surface area (Å²) in [7, 11) is 3.33. The SMILES string of the molecule is COc1cc(C2CCN(CC(=O)N3CCN(C(=O)OC(C)(C)C)CC3)CC2)ccc1Nc1ncc2ccc(-c3ccccc3OC)n2n1. The number of ether oxygens (including phenoxy) is 3. The summed E-state index contributed by atoms with van der Waals surface area (Å²) in [6.45, 7) is 9.71. The Morgan fingerprint density at radius 1 is 0.875 bits per heavy atom. The van der Waals surface area contributed by atoms with Gasteiger partial charge in [-0.3, -0.25) is 9.69 Å². The number of carbonyl (C=O) groups is 2. The van der Waals surface area contributed by atoms with E-state index in [9.17, 15) is 9.59 Å². The maximum Gasteiger partial charge on any atom is 0.410 e. The molecule has 6 rings (SSSR count). The summed E-state index contributed by atoms with van der Waals surface area (Å²) in [6.07, 6.45) is 3.38. The molecule has 2 saturated heterocycles. The van der Waals surface area contributed by atoms with E-state index in [1.54, 1.807) is 25.3 Å². The van der Waals surface area contributed by atoms with Gasteiger partial charge in [0.1, 0.15) is 17.1 Å². The number of nitrogens with zero attached hydrogens (tertiary/aromatic N) is 6. The number of nitrogens with one attached hydrogen (secondary N) is 1. The fourth-order valence-corrected chi connectivity index (χ4v) is 6.39. The minimum Gasteiger partial charge on any atom is -0.496 e. The van der Waals surface area contributed by atoms with Crippen LogP contribution in [-0.4, -0.2) is 107 Å². The molecule has 12 heteroatoms. The van der Waals surface area contributed by atoms with Gasteiger partial charge >= 0.3 is 6.09 Å². The minimum absolute atomic E-state index is 0.115. The van der Waals surface area contributed by atoms with Crippen molar-refractivity contribution in [2.24, 2.45) is 0 Å². The number of aromatic nitrogens is 3. The molecule has 2 aliphatic heterocycles. The summed E-state index contributed by atoms with van der Waals surface area (Å²) in [5, 5.41) is 8.13. The molecule has 0 unspecified atom stereocenters. The average molecular weight is 656 g/mol. The topological polar surface area (TPSA) is 114 Å². The molecule has 254 valence electrons. The van der Waals surface area contributed by atoms with E-state index >= 15 is 0 Å². The molecule has 2 aromatic heterocycles. The van der Waals surface area contributed by atoms with E-state index in [0.29, 0.717) is 44.6 Å². The van der Waals surface area contributed by atoms with E-state index in [-0.39, 0.29) is 12.0 Å². The predicted octanol–water partition coefficient (Wildman–Crippen LogP) is 5.42. The van der Waals surface area contributed by atoms with Gasteiger partial charge in [-0.1, -0.05) is 18.2 Å². The van der Waals surface area contributed by atoms with Crippen LogP contribution in [-0.2, 0) is 9.53 Å². The van der Waals surface area contributed by atoms with Crippen LogP contribution in [0.25, 0.3) is 16.8 Å². The number of para-hydroxylation sites is 1. The number of anilines is 2. The third-order valence-corrected chi connectivity index (χ3v) is 8.96. The van der Waals surface area contributed by atoms with Gasteiger partial charge < -0.3 is 29.3 Å². The summed E-state index contributed by atoms with van der Waals surface area (Å²) >= 11 is 0. The first-order valence-electron chi connectivity index (χ1n) is 16.5. The van der Waals surface area contributed by atoms with Gasteiger partial charge in [-0.2, -0.15) is 0 Å². The maximum absolute atomic E-state index is 13.1. The van der Waals surface area contributed by atoms with E-state index in [2.05, 4.69) is 27.3 Å². The molecule has 12 nitrogen and oxygen atoms in total. The van der Waals surface area contributed by atoms with E-state index in [0.717, 1.165) is 59.9 Å². The van der Waals surface area contributed by atoms with Crippen LogP contribution in [0, 0.1) is 0 Å². The average Bonchev–Trinajstić information content (AvgIpc) is 3.51. The van der Waals surface area contributed by atoms with Gasteiger partial charge in [0.2, 0.25) is 11.9 Å². The van der Waals surface area contributed by atoms with Crippen LogP contribution in [0.15, 0.2) is 60.8 Å². The number of likely N-dealkylation sites (tertiary alicyclic amines) is 1. The van der Waals surface area contributed by atoms with E-state index in [4.69, 9.17) is 19.3 Å². The van der Waals surface area contributed by atoms with Crippen LogP contribution in [0.5, 0.6) is 11.5 Å². The standard InChI is InChI=1S/C36H45N7O5/c1-36(2,3)48-35(45)42-20-18-41(19-21-42)33(44)24-40-16-14-25(15-17-40)26-10-12-29(32(22-26)47-5)38-34-37-23-27-11-13-30(43(27)39-34)28-8-6-7-9-31(28)46-4/h6-13,22-23,25H,14-21,24H2,1-5H3,(H,38,39). The highest BCUT2D eigenvalue weighted by molar-refractivity contribution is 5.79. The van der Waals surface area contributed by atoms with Crippen molar-refractivity contribution in [3.05, 3.63) is 66.4 Å². The van der Waals surface area contributed by atoms with Gasteiger partial charge in [0.15, 0.2) is 0 Å². The van der Waals surface area contributed by atoms with Gasteiger partial charge in [0.25, 0.3) is 0 Å². The van der Waals surface area contributed by atoms with E-state index < -0.39 is 5.60 Å². The smallest absolute Gasteiger partial charge is 0.410 e. The number of carbonyl (C=O) groups excluding carboxylic acids is 2. The van der Waals surface area contributed by atoms with Gasteiger partial charge in [-0.05, 0) is 94.6 Å². The largest absolute Gasteiger partial charge is 0.496 e. The van der Waals surface area contributed by atoms with Crippen molar-refractivity contribution in [2.75, 3.05) is 65.3 Å². The monoisotopic (exact) mass is 655 g/mol. The van der Waals surface area contributed by atoms with Gasteiger partial charge in [-0.15, -0.1) is 5.10 Å². The highest BCUT2D eigenvalue weighted by atomic mass is 16.6. The molecule has 0 bridgehead atoms. The van der Waals surface area contributed by atoms with Crippen molar-refractivity contribution >= 4 is 29.2 Å². The molecule has 0 spiro atoms. The second-order valence-corrected chi connectivity index (χ2v) is 13.3. The van der Waals surface area contributed by atoms with Crippen LogP contribution < -0.4 is 14.8 Å². The fourth-order valence-electron chi connectivity index (χ4n) is 6.39. The molecule has 2 amide bonds. The Bertz CT molecular complexity index is 1750. The molecule has 2 aliphatic rings. The Balaban J connectivity index is 1.04. The highest BCUT2D eigenvalue weighted by Gasteiger charge is 2.29. The van der Waals surface area contributed by atoms with Crippen LogP contribution in [0.1, 0.15) is 45.1 Å². The number of piperidine rings is 1. The number of piperazine rings is 1. The van der Waals surface area contributed by atoms with Crippen molar-refractivity contribution in [2.45, 2.75) is 45.1 Å². The van der Waals surface area contributed by atoms with Gasteiger partial charge in [-0.25, -0.2) is 14.3 Å². The van der Waals surface area contributed by atoms with Crippen molar-refractivity contribution in [1.29, 1.82) is 0 Å². The normalized spacial score (nSPS) is 16.2. The number of hydrogen-bond acceptors (Lipinski definition) is 9. The molecule has 48 heavy (non-hydrogen) atoms. The molecule has 2 aromatic carbocycles. The van der Waals surface area contributed by atoms with Crippen molar-refractivity contribution < 1.29 is 23.8 Å². The molecule has 4 aromatic rings. The number of benzene rings is 2. The minimum atomic E-state index is -0.531. The number of fused-ring (bicyclic) bond motifs is 1. The van der Waals surface area contributed by atoms with Crippen molar-refractivity contribution in [3.63, 3.8) is 0 Å². The Morgan fingerprint density at radius 2 is 1.58 bits per heavy atom. The zero-order valence-electron chi connectivity index (χ0n) is 28.4. The second-order valence-electron chi connectivity index (χ2n) is 13.3. The number of hydrogen-bond donors (Lipinski definition) is 1. The summed E-state index contributed by atoms with van der Waals surface area (Å²) in [4.78, 5) is 35.8. The first-order chi connectivity index (χ1) is 23.1. The lowest BCUT2D eigenvalue weighted by Gasteiger charge is -2.37. The molecule has 1 N–H and O–H groups in total. The van der Waals surface area contributed by atoms with Gasteiger partial charge in [0.05, 0.1) is 43.9 Å². The fraction of sp³-hybridized carbons (Fsp3) is 0.444. The lowest BCUT2D eigenvalue weighted by atomic mass is 9.89. The third-order valence-electron chi connectivity index (χ3n) is 8.96. The predicted molar refractivity (Wildman–Crippen MR) is 184 cm³/mol. The van der Waals surface area contributed by atoms with Crippen LogP contribution >= 0.6 is 0 Å². The highest BCUT2D eigenvalue weighted by Crippen LogP contribution is 2.35. The molecule has 4 heterocycles. The number of amides is 2. The van der Waals surface area contributed by atoms with Crippen molar-refractivity contribution in [3.8, 4) is 22.8 Å². The first-order valence-corrected chi connectivity index (χ1v) is 16.5. The molecule has 0 radical (unpaired) electrons. The zero-order chi connectivity index (χ0) is 33.8. The Kier molecular flexibility index (Phi) is 9.72. The summed E-state index contributed by atoms with van der Waals surface area (Å²) in [5.41, 5.74) is 4.18. The molecule has 2 fully saturated rings. The summed E-state index contributed by atoms with van der Waals surface area (Å²) < 4.78 is 18.7. The maximum atomic E-state index is 13.1. The van der Waals surface area contributed by atoms with Crippen molar-refractivity contribution in [1.82, 2.24) is 29.3 Å². The third kappa shape index (κ3) is 7.49. The Morgan fingerprint density at radius 3 is 2.29 bits per heavy atom. The van der Waals surface area contributed by atoms with E-state index in [1.807, 2.05) is 72.7 Å². The van der Waals surface area contributed by atoms with Gasteiger partial charge in [0, 0.05) is 31.7 Å². The molecular weight excluding hydrogens is 610 g/mol. The molecule has 0 saturated carbocycles. The summed E-state index contributed by atoms with van der Waals surface area (Å²) in [5.74, 6) is 2.43. The van der Waals surface area contributed by atoms with Crippen LogP contribution in [0.2, 0.25) is 0 Å². The number of rotatable bonds is 8. The van der Waals surface area contributed by atoms with E-state index in [1.165, 1.54) is 5.56 Å². The summed E-state index contributed by atoms with van der Waals surface area (Å²) in [6, 6.07) is 18.1. The molecular formula is C36H45N7O5. The Hall–Kier alpha value is -4.84. The van der Waals surface area contributed by atoms with Crippen LogP contribution in [0.4, 0.5) is 16.4 Å². The molecule has 0 aliphatic carbocycles. The zero-order valence-corrected chi connectivity index (χ0v) is 28.4. The van der Waals surface area contributed by atoms with Crippen LogP contribution in [0.3, 0.4) is 0 Å². The first kappa shape index (κ1) is 33.1. The number of methoxy groups -OCH3 is 2. The second kappa shape index (κ2) is 14.1. The molecule has 0 atom stereocenters.